The van der Waals surface area contributed by atoms with Gasteiger partial charge in [0, 0.05) is 0 Å². The van der Waals surface area contributed by atoms with E-state index in [9.17, 15) is 0 Å². The minimum absolute atomic E-state index is 0.241. The molecule has 1 nitrogen and oxygen atoms in total. The summed E-state index contributed by atoms with van der Waals surface area (Å²) in [7, 11) is 0. The van der Waals surface area contributed by atoms with Crippen LogP contribution in [0.15, 0.2) is 12.2 Å². The van der Waals surface area contributed by atoms with Gasteiger partial charge in [-0.1, -0.05) is 12.2 Å². The Morgan fingerprint density at radius 2 is 2.50 bits per heavy atom. The first-order valence-corrected chi connectivity index (χ1v) is 4.26. The zero-order chi connectivity index (χ0) is 6.60. The van der Waals surface area contributed by atoms with Gasteiger partial charge in [-0.2, -0.15) is 0 Å². The molecule has 3 rings (SSSR count). The van der Waals surface area contributed by atoms with E-state index in [1.54, 1.807) is 0 Å². The van der Waals surface area contributed by atoms with Crippen molar-refractivity contribution >= 4 is 0 Å². The Morgan fingerprint density at radius 3 is 3.30 bits per heavy atom. The smallest absolute Gasteiger partial charge is 0.0900 e. The van der Waals surface area contributed by atoms with Crippen LogP contribution in [0.3, 0.4) is 0 Å². The quantitative estimate of drug-likeness (QED) is 0.462. The Hall–Kier alpha value is -0.300. The molecule has 1 saturated heterocycles. The first-order chi connectivity index (χ1) is 4.89. The molecule has 0 N–H and O–H groups in total. The predicted molar refractivity (Wildman–Crippen MR) is 38.7 cm³/mol. The third-order valence-corrected chi connectivity index (χ3v) is 3.29. The van der Waals surface area contributed by atoms with Gasteiger partial charge in [0.05, 0.1) is 11.7 Å². The zero-order valence-corrected chi connectivity index (χ0v) is 6.05. The van der Waals surface area contributed by atoms with Crippen molar-refractivity contribution in [3.8, 4) is 0 Å². The number of hydrogen-bond donors (Lipinski definition) is 0. The summed E-state index contributed by atoms with van der Waals surface area (Å²) in [6, 6.07) is 0. The minimum atomic E-state index is 0.241. The van der Waals surface area contributed by atoms with Crippen molar-refractivity contribution in [2.75, 3.05) is 0 Å². The number of hydrogen-bond acceptors (Lipinski definition) is 1. The first-order valence-electron chi connectivity index (χ1n) is 4.26. The molecule has 1 saturated carbocycles. The van der Waals surface area contributed by atoms with Crippen molar-refractivity contribution in [2.45, 2.75) is 37.4 Å². The van der Waals surface area contributed by atoms with Gasteiger partial charge in [0.25, 0.3) is 0 Å². The summed E-state index contributed by atoms with van der Waals surface area (Å²) in [4.78, 5) is 0. The Kier molecular flexibility index (Phi) is 0.791. The van der Waals surface area contributed by atoms with Gasteiger partial charge in [-0.25, -0.2) is 0 Å². The van der Waals surface area contributed by atoms with Crippen LogP contribution in [0.4, 0.5) is 0 Å². The molecule has 1 unspecified atom stereocenters. The van der Waals surface area contributed by atoms with Crippen LogP contribution in [-0.4, -0.2) is 11.7 Å². The fraction of sp³-hybridized carbons (Fsp3) is 0.778. The highest BCUT2D eigenvalue weighted by Crippen LogP contribution is 2.52. The lowest BCUT2D eigenvalue weighted by molar-refractivity contribution is 0.0237. The summed E-state index contributed by atoms with van der Waals surface area (Å²) in [5.74, 6) is 0.877. The maximum Gasteiger partial charge on any atom is 0.0900 e. The van der Waals surface area contributed by atoms with Gasteiger partial charge in [0.2, 0.25) is 0 Å². The molecule has 3 atom stereocenters. The van der Waals surface area contributed by atoms with E-state index in [0.717, 1.165) is 5.92 Å². The lowest BCUT2D eigenvalue weighted by atomic mass is 9.86. The number of ether oxygens (including phenoxy) is 1. The molecule has 3 aliphatic rings. The SMILES string of the molecule is C1=C[C@@]23CCCC2C[C@@H]1O3. The van der Waals surface area contributed by atoms with E-state index in [2.05, 4.69) is 12.2 Å². The molecule has 1 spiro atoms. The molecule has 54 valence electrons. The molecular weight excluding hydrogens is 124 g/mol. The van der Waals surface area contributed by atoms with Crippen molar-refractivity contribution in [2.24, 2.45) is 5.92 Å². The summed E-state index contributed by atoms with van der Waals surface area (Å²) < 4.78 is 5.87. The maximum absolute atomic E-state index is 5.87. The monoisotopic (exact) mass is 136 g/mol. The lowest BCUT2D eigenvalue weighted by Gasteiger charge is -2.21. The van der Waals surface area contributed by atoms with Crippen LogP contribution < -0.4 is 0 Å². The Balaban J connectivity index is 2.07. The van der Waals surface area contributed by atoms with E-state index in [0.29, 0.717) is 6.10 Å². The lowest BCUT2D eigenvalue weighted by Crippen LogP contribution is -2.25. The van der Waals surface area contributed by atoms with Gasteiger partial charge in [-0.05, 0) is 31.6 Å². The van der Waals surface area contributed by atoms with Crippen molar-refractivity contribution in [1.82, 2.24) is 0 Å². The highest BCUT2D eigenvalue weighted by molar-refractivity contribution is 5.22. The van der Waals surface area contributed by atoms with E-state index in [1.807, 2.05) is 0 Å². The number of rotatable bonds is 0. The van der Waals surface area contributed by atoms with Crippen molar-refractivity contribution in [3.63, 3.8) is 0 Å². The summed E-state index contributed by atoms with van der Waals surface area (Å²) in [6.07, 6.45) is 10.4. The van der Waals surface area contributed by atoms with Crippen molar-refractivity contribution in [3.05, 3.63) is 12.2 Å². The van der Waals surface area contributed by atoms with Crippen LogP contribution in [0.1, 0.15) is 25.7 Å². The van der Waals surface area contributed by atoms with Crippen LogP contribution in [0.5, 0.6) is 0 Å². The molecule has 10 heavy (non-hydrogen) atoms. The Morgan fingerprint density at radius 1 is 1.50 bits per heavy atom. The number of fused-ring (bicyclic) bond motifs is 1. The normalized spacial score (nSPS) is 56.0. The second-order valence-electron chi connectivity index (χ2n) is 3.80. The third-order valence-electron chi connectivity index (χ3n) is 3.29. The minimum Gasteiger partial charge on any atom is -0.363 e. The second-order valence-corrected chi connectivity index (χ2v) is 3.80. The first kappa shape index (κ1) is 5.36. The van der Waals surface area contributed by atoms with Gasteiger partial charge < -0.3 is 4.74 Å². The Bertz CT molecular complexity index is 197. The fourth-order valence-electron chi connectivity index (χ4n) is 2.80. The summed E-state index contributed by atoms with van der Waals surface area (Å²) in [5, 5.41) is 0. The van der Waals surface area contributed by atoms with E-state index in [1.165, 1.54) is 25.7 Å². The average Bonchev–Trinajstić information content (AvgIpc) is 2.48. The highest BCUT2D eigenvalue weighted by atomic mass is 16.5. The van der Waals surface area contributed by atoms with Crippen LogP contribution in [0.2, 0.25) is 0 Å². The molecule has 0 radical (unpaired) electrons. The van der Waals surface area contributed by atoms with Crippen LogP contribution in [0.25, 0.3) is 0 Å². The highest BCUT2D eigenvalue weighted by Gasteiger charge is 2.52. The third kappa shape index (κ3) is 0.450. The van der Waals surface area contributed by atoms with Gasteiger partial charge in [0.1, 0.15) is 0 Å². The predicted octanol–water partition coefficient (Wildman–Crippen LogP) is 1.88. The van der Waals surface area contributed by atoms with Gasteiger partial charge in [-0.3, -0.25) is 0 Å². The van der Waals surface area contributed by atoms with Gasteiger partial charge in [-0.15, -0.1) is 0 Å². The molecule has 1 aliphatic carbocycles. The largest absolute Gasteiger partial charge is 0.363 e. The van der Waals surface area contributed by atoms with Gasteiger partial charge in [0.15, 0.2) is 0 Å². The van der Waals surface area contributed by atoms with Gasteiger partial charge >= 0.3 is 0 Å². The molecule has 2 aliphatic heterocycles. The average molecular weight is 136 g/mol. The van der Waals surface area contributed by atoms with Crippen LogP contribution in [0, 0.1) is 5.92 Å². The van der Waals surface area contributed by atoms with Crippen LogP contribution in [-0.2, 0) is 4.74 Å². The zero-order valence-electron chi connectivity index (χ0n) is 6.05. The summed E-state index contributed by atoms with van der Waals surface area (Å²) in [5.41, 5.74) is 0.241. The molecule has 2 bridgehead atoms. The van der Waals surface area contributed by atoms with E-state index < -0.39 is 0 Å². The maximum atomic E-state index is 5.87. The Labute approximate surface area is 61.1 Å². The fourth-order valence-corrected chi connectivity index (χ4v) is 2.80. The van der Waals surface area contributed by atoms with E-state index in [-0.39, 0.29) is 5.60 Å². The van der Waals surface area contributed by atoms with Crippen LogP contribution >= 0.6 is 0 Å². The molecule has 1 heteroatoms. The van der Waals surface area contributed by atoms with E-state index >= 15 is 0 Å². The topological polar surface area (TPSA) is 9.23 Å². The van der Waals surface area contributed by atoms with Crippen molar-refractivity contribution < 1.29 is 4.74 Å². The standard InChI is InChI=1S/C9H12O/c1-2-7-6-8-3-5-9(7,4-1)10-8/h3,5,7-8H,1-2,4,6H2/t7?,8-,9+/m1/s1. The summed E-state index contributed by atoms with van der Waals surface area (Å²) in [6.45, 7) is 0. The molecule has 0 amide bonds. The molecule has 2 fully saturated rings. The van der Waals surface area contributed by atoms with Crippen molar-refractivity contribution in [1.29, 1.82) is 0 Å². The molecule has 0 aromatic heterocycles. The molecule has 2 heterocycles. The summed E-state index contributed by atoms with van der Waals surface area (Å²) >= 11 is 0. The molecule has 0 aromatic carbocycles. The second kappa shape index (κ2) is 1.48. The van der Waals surface area contributed by atoms with E-state index in [4.69, 9.17) is 4.74 Å². The molecule has 0 aromatic rings. The molecular formula is C9H12O.